The summed E-state index contributed by atoms with van der Waals surface area (Å²) in [6.45, 7) is 3.59. The van der Waals surface area contributed by atoms with Gasteiger partial charge in [0, 0.05) is 50.2 Å². The summed E-state index contributed by atoms with van der Waals surface area (Å²) >= 11 is 0. The number of urea groups is 1. The maximum absolute atomic E-state index is 13.7. The summed E-state index contributed by atoms with van der Waals surface area (Å²) < 4.78 is 46.0. The number of carbonyl (C=O) groups excluding carboxylic acids is 2. The molecule has 0 aliphatic carbocycles. The van der Waals surface area contributed by atoms with E-state index < -0.39 is 34.1 Å². The highest BCUT2D eigenvalue weighted by molar-refractivity contribution is 7.89. The van der Waals surface area contributed by atoms with Gasteiger partial charge in [-0.1, -0.05) is 6.92 Å². The molecular weight excluding hydrogens is 580 g/mol. The van der Waals surface area contributed by atoms with Crippen LogP contribution >= 0.6 is 0 Å². The number of hydrogen-bond donors (Lipinski definition) is 3. The number of aliphatic hydroxyl groups excluding tert-OH is 1. The molecule has 3 heterocycles. The molecule has 230 valence electrons. The van der Waals surface area contributed by atoms with Crippen molar-refractivity contribution in [3.63, 3.8) is 0 Å². The Bertz CT molecular complexity index is 1630. The average Bonchev–Trinajstić information content (AvgIpc) is 3.63. The molecule has 3 aromatic rings. The number of aliphatic hydroxyl groups is 1. The van der Waals surface area contributed by atoms with Crippen LogP contribution in [0.15, 0.2) is 53.9 Å². The maximum Gasteiger partial charge on any atom is 0.323 e. The highest BCUT2D eigenvalue weighted by Gasteiger charge is 2.36. The first-order valence-electron chi connectivity index (χ1n) is 13.6. The van der Waals surface area contributed by atoms with Crippen molar-refractivity contribution in [2.45, 2.75) is 31.0 Å². The summed E-state index contributed by atoms with van der Waals surface area (Å²) in [6, 6.07) is 8.56. The molecule has 14 nitrogen and oxygen atoms in total. The lowest BCUT2D eigenvalue weighted by Gasteiger charge is -2.38. The second kappa shape index (κ2) is 12.1. The minimum absolute atomic E-state index is 0.0208. The van der Waals surface area contributed by atoms with Crippen LogP contribution in [0.25, 0.3) is 0 Å². The van der Waals surface area contributed by atoms with Gasteiger partial charge in [-0.05, 0) is 37.3 Å². The van der Waals surface area contributed by atoms with Crippen LogP contribution in [0.2, 0.25) is 0 Å². The number of rotatable bonds is 8. The number of nitrogens with zero attached hydrogens (tertiary/aromatic N) is 4. The van der Waals surface area contributed by atoms with E-state index in [-0.39, 0.29) is 48.7 Å². The maximum atomic E-state index is 13.7. The fourth-order valence-electron chi connectivity index (χ4n) is 4.82. The summed E-state index contributed by atoms with van der Waals surface area (Å²) in [7, 11) is -0.772. The molecule has 15 heteroatoms. The normalized spacial score (nSPS) is 18.8. The molecular formula is C28H34N6O8S. The number of aryl methyl sites for hydroxylation is 1. The first kappa shape index (κ1) is 30.1. The molecule has 0 spiro atoms. The number of imidazole rings is 1. The van der Waals surface area contributed by atoms with Gasteiger partial charge in [-0.2, -0.15) is 4.31 Å². The van der Waals surface area contributed by atoms with Gasteiger partial charge in [0.1, 0.15) is 11.9 Å². The molecule has 2 aliphatic heterocycles. The molecule has 0 radical (unpaired) electrons. The topological polar surface area (TPSA) is 165 Å². The molecule has 3 atom stereocenters. The SMILES string of the molecule is C[C@@H]1CN([C@@H](C)CO)C(=O)c2cc(NC(=O)Nc3ccc4c(c3)OCO4)ccc2O[C@@H]1CN(C)S(=O)(=O)c1cn(C)cn1. The molecule has 5 rings (SSSR count). The van der Waals surface area contributed by atoms with Gasteiger partial charge in [0.05, 0.1) is 31.1 Å². The summed E-state index contributed by atoms with van der Waals surface area (Å²) in [5.41, 5.74) is 0.968. The van der Waals surface area contributed by atoms with Gasteiger partial charge in [-0.3, -0.25) is 4.79 Å². The molecule has 2 aromatic carbocycles. The smallest absolute Gasteiger partial charge is 0.323 e. The van der Waals surface area contributed by atoms with Crippen molar-refractivity contribution in [1.29, 1.82) is 0 Å². The van der Waals surface area contributed by atoms with E-state index in [1.807, 2.05) is 6.92 Å². The van der Waals surface area contributed by atoms with Crippen molar-refractivity contribution < 1.29 is 37.3 Å². The van der Waals surface area contributed by atoms with Gasteiger partial charge in [0.25, 0.3) is 15.9 Å². The largest absolute Gasteiger partial charge is 0.488 e. The summed E-state index contributed by atoms with van der Waals surface area (Å²) in [5.74, 6) is 0.624. The third kappa shape index (κ3) is 6.38. The molecule has 0 saturated heterocycles. The number of likely N-dealkylation sites (N-methyl/N-ethyl adjacent to an activating group) is 1. The van der Waals surface area contributed by atoms with Gasteiger partial charge in [-0.25, -0.2) is 18.2 Å². The summed E-state index contributed by atoms with van der Waals surface area (Å²) in [4.78, 5) is 32.0. The zero-order valence-electron chi connectivity index (χ0n) is 24.2. The lowest BCUT2D eigenvalue weighted by Crippen LogP contribution is -2.50. The Morgan fingerprint density at radius 3 is 2.49 bits per heavy atom. The molecule has 0 bridgehead atoms. The molecule has 43 heavy (non-hydrogen) atoms. The lowest BCUT2D eigenvalue weighted by atomic mass is 9.99. The van der Waals surface area contributed by atoms with Gasteiger partial charge in [0.2, 0.25) is 6.79 Å². The monoisotopic (exact) mass is 614 g/mol. The first-order chi connectivity index (χ1) is 20.5. The molecule has 3 N–H and O–H groups in total. The third-order valence-corrected chi connectivity index (χ3v) is 9.06. The summed E-state index contributed by atoms with van der Waals surface area (Å²) in [5, 5.41) is 15.3. The second-order valence-electron chi connectivity index (χ2n) is 10.6. The fourth-order valence-corrected chi connectivity index (χ4v) is 5.96. The molecule has 0 fully saturated rings. The van der Waals surface area contributed by atoms with Gasteiger partial charge >= 0.3 is 6.03 Å². The van der Waals surface area contributed by atoms with E-state index in [1.165, 1.54) is 34.8 Å². The van der Waals surface area contributed by atoms with Crippen LogP contribution in [0.5, 0.6) is 17.2 Å². The molecule has 0 unspecified atom stereocenters. The van der Waals surface area contributed by atoms with Gasteiger partial charge in [0.15, 0.2) is 16.5 Å². The van der Waals surface area contributed by atoms with Crippen molar-refractivity contribution in [2.75, 3.05) is 44.2 Å². The van der Waals surface area contributed by atoms with E-state index >= 15 is 0 Å². The van der Waals surface area contributed by atoms with E-state index in [0.29, 0.717) is 22.9 Å². The quantitative estimate of drug-likeness (QED) is 0.345. The number of nitrogens with one attached hydrogen (secondary N) is 2. The van der Waals surface area contributed by atoms with Crippen LogP contribution < -0.4 is 24.8 Å². The minimum Gasteiger partial charge on any atom is -0.488 e. The Labute approximate surface area is 249 Å². The predicted molar refractivity (Wildman–Crippen MR) is 156 cm³/mol. The van der Waals surface area contributed by atoms with Gasteiger partial charge in [-0.15, -0.1) is 0 Å². The lowest BCUT2D eigenvalue weighted by molar-refractivity contribution is 0.0387. The van der Waals surface area contributed by atoms with E-state index in [0.717, 1.165) is 0 Å². The number of amides is 3. The molecule has 1 aromatic heterocycles. The van der Waals surface area contributed by atoms with Crippen LogP contribution in [-0.4, -0.2) is 89.9 Å². The van der Waals surface area contributed by atoms with E-state index in [4.69, 9.17) is 14.2 Å². The molecule has 2 aliphatic rings. The van der Waals surface area contributed by atoms with Crippen molar-refractivity contribution in [1.82, 2.24) is 18.8 Å². The average molecular weight is 615 g/mol. The van der Waals surface area contributed by atoms with Crippen LogP contribution in [-0.2, 0) is 17.1 Å². The number of aromatic nitrogens is 2. The van der Waals surface area contributed by atoms with E-state index in [9.17, 15) is 23.1 Å². The van der Waals surface area contributed by atoms with Crippen molar-refractivity contribution >= 4 is 33.3 Å². The van der Waals surface area contributed by atoms with Crippen LogP contribution in [0.4, 0.5) is 16.2 Å². The van der Waals surface area contributed by atoms with Gasteiger partial charge < -0.3 is 39.4 Å². The van der Waals surface area contributed by atoms with Crippen molar-refractivity contribution in [3.8, 4) is 17.2 Å². The van der Waals surface area contributed by atoms with Crippen LogP contribution in [0.3, 0.4) is 0 Å². The number of carbonyl (C=O) groups is 2. The van der Waals surface area contributed by atoms with Crippen molar-refractivity contribution in [3.05, 3.63) is 54.5 Å². The Balaban J connectivity index is 1.38. The number of anilines is 2. The highest BCUT2D eigenvalue weighted by atomic mass is 32.2. The van der Waals surface area contributed by atoms with E-state index in [2.05, 4.69) is 15.6 Å². The fraction of sp³-hybridized carbons (Fsp3) is 0.393. The number of hydrogen-bond acceptors (Lipinski definition) is 9. The zero-order valence-corrected chi connectivity index (χ0v) is 25.0. The third-order valence-electron chi connectivity index (χ3n) is 7.35. The van der Waals surface area contributed by atoms with Crippen LogP contribution in [0.1, 0.15) is 24.2 Å². The number of benzene rings is 2. The summed E-state index contributed by atoms with van der Waals surface area (Å²) in [6.07, 6.45) is 2.17. The molecule has 0 saturated carbocycles. The van der Waals surface area contributed by atoms with Crippen molar-refractivity contribution in [2.24, 2.45) is 13.0 Å². The predicted octanol–water partition coefficient (Wildman–Crippen LogP) is 2.33. The Morgan fingerprint density at radius 1 is 1.14 bits per heavy atom. The Morgan fingerprint density at radius 2 is 1.81 bits per heavy atom. The Kier molecular flexibility index (Phi) is 8.48. The second-order valence-corrected chi connectivity index (χ2v) is 12.6. The number of fused-ring (bicyclic) bond motifs is 2. The molecule has 3 amide bonds. The first-order valence-corrected chi connectivity index (χ1v) is 15.0. The number of sulfonamides is 1. The number of ether oxygens (including phenoxy) is 3. The van der Waals surface area contributed by atoms with E-state index in [1.54, 1.807) is 48.9 Å². The minimum atomic E-state index is -3.90. The zero-order chi connectivity index (χ0) is 30.9. The Hall–Kier alpha value is -4.34. The standard InChI is InChI=1S/C28H34N6O8S/c1-17-11-34(18(2)14-35)27(36)21-9-19(30-28(37)31-20-6-8-23-24(10-20)41-16-40-23)5-7-22(21)42-25(17)12-33(4)43(38,39)26-13-32(3)15-29-26/h5-10,13,15,17-18,25,35H,11-12,14,16H2,1-4H3,(H2,30,31,37)/t17-,18+,25-/m1/s1. The highest BCUT2D eigenvalue weighted by Crippen LogP contribution is 2.35. The van der Waals surface area contributed by atoms with Crippen LogP contribution in [0, 0.1) is 5.92 Å².